The zero-order chi connectivity index (χ0) is 13.2. The Kier molecular flexibility index (Phi) is 6.75. The topological polar surface area (TPSA) is 84.0 Å². The second-order valence-corrected chi connectivity index (χ2v) is 3.97. The summed E-state index contributed by atoms with van der Waals surface area (Å²) in [5.74, 6) is 0.239. The molecule has 0 radical (unpaired) electrons. The maximum atomic E-state index is 8.52. The molecule has 0 fully saturated rings. The summed E-state index contributed by atoms with van der Waals surface area (Å²) in [5.41, 5.74) is 6.61. The second kappa shape index (κ2) is 8.43. The molecule has 0 unspecified atom stereocenters. The fourth-order valence-corrected chi connectivity index (χ4v) is 1.56. The maximum absolute atomic E-state index is 8.52. The van der Waals surface area contributed by atoms with Crippen molar-refractivity contribution in [3.63, 3.8) is 0 Å². The zero-order valence-electron chi connectivity index (χ0n) is 10.6. The van der Waals surface area contributed by atoms with Gasteiger partial charge in [-0.15, -0.1) is 0 Å². The number of pyridine rings is 1. The highest BCUT2D eigenvalue weighted by Crippen LogP contribution is 2.03. The molecule has 0 atom stereocenters. The van der Waals surface area contributed by atoms with Gasteiger partial charge in [-0.3, -0.25) is 9.88 Å². The molecule has 0 amide bonds. The summed E-state index contributed by atoms with van der Waals surface area (Å²) in [7, 11) is 1.67. The standard InChI is InChI=1S/C12H20N4O2/c1-18-8-7-16(6-4-12(13)15-17)10-11-3-2-5-14-9-11/h2-3,5,9,17H,4,6-8,10H2,1H3,(H2,13,15). The van der Waals surface area contributed by atoms with Gasteiger partial charge in [-0.05, 0) is 11.6 Å². The van der Waals surface area contributed by atoms with Gasteiger partial charge in [-0.2, -0.15) is 0 Å². The number of amidine groups is 1. The lowest BCUT2D eigenvalue weighted by Crippen LogP contribution is -2.30. The van der Waals surface area contributed by atoms with Crippen molar-refractivity contribution in [3.8, 4) is 0 Å². The van der Waals surface area contributed by atoms with Crippen LogP contribution in [0.2, 0.25) is 0 Å². The van der Waals surface area contributed by atoms with Crippen molar-refractivity contribution in [1.29, 1.82) is 0 Å². The van der Waals surface area contributed by atoms with E-state index in [1.807, 2.05) is 18.3 Å². The lowest BCUT2D eigenvalue weighted by molar-refractivity contribution is 0.145. The van der Waals surface area contributed by atoms with Crippen LogP contribution < -0.4 is 5.73 Å². The highest BCUT2D eigenvalue weighted by atomic mass is 16.5. The minimum Gasteiger partial charge on any atom is -0.409 e. The number of rotatable bonds is 8. The number of nitrogens with two attached hydrogens (primary N) is 1. The molecule has 100 valence electrons. The number of hydrogen-bond donors (Lipinski definition) is 2. The highest BCUT2D eigenvalue weighted by Gasteiger charge is 2.07. The lowest BCUT2D eigenvalue weighted by atomic mass is 10.2. The fourth-order valence-electron chi connectivity index (χ4n) is 1.56. The summed E-state index contributed by atoms with van der Waals surface area (Å²) in [4.78, 5) is 6.26. The van der Waals surface area contributed by atoms with Gasteiger partial charge < -0.3 is 15.7 Å². The Morgan fingerprint density at radius 2 is 2.39 bits per heavy atom. The van der Waals surface area contributed by atoms with Crippen LogP contribution >= 0.6 is 0 Å². The van der Waals surface area contributed by atoms with Crippen molar-refractivity contribution in [2.45, 2.75) is 13.0 Å². The summed E-state index contributed by atoms with van der Waals surface area (Å²) in [6.45, 7) is 2.94. The number of methoxy groups -OCH3 is 1. The molecule has 0 bridgehead atoms. The summed E-state index contributed by atoms with van der Waals surface area (Å²) >= 11 is 0. The van der Waals surface area contributed by atoms with E-state index in [0.29, 0.717) is 19.6 Å². The van der Waals surface area contributed by atoms with Gasteiger partial charge in [0.1, 0.15) is 5.84 Å². The monoisotopic (exact) mass is 252 g/mol. The van der Waals surface area contributed by atoms with Crippen LogP contribution in [0, 0.1) is 0 Å². The van der Waals surface area contributed by atoms with E-state index in [4.69, 9.17) is 15.7 Å². The normalized spacial score (nSPS) is 12.0. The van der Waals surface area contributed by atoms with Crippen molar-refractivity contribution in [2.24, 2.45) is 10.9 Å². The summed E-state index contributed by atoms with van der Waals surface area (Å²) < 4.78 is 5.07. The Labute approximate surface area is 107 Å². The van der Waals surface area contributed by atoms with Gasteiger partial charge in [-0.1, -0.05) is 11.2 Å². The third-order valence-electron chi connectivity index (χ3n) is 2.55. The van der Waals surface area contributed by atoms with E-state index in [1.165, 1.54) is 0 Å². The molecule has 6 nitrogen and oxygen atoms in total. The molecule has 0 aliphatic carbocycles. The molecule has 1 rings (SSSR count). The second-order valence-electron chi connectivity index (χ2n) is 3.97. The lowest BCUT2D eigenvalue weighted by Gasteiger charge is -2.21. The largest absolute Gasteiger partial charge is 0.409 e. The van der Waals surface area contributed by atoms with Gasteiger partial charge >= 0.3 is 0 Å². The molecule has 3 N–H and O–H groups in total. The fraction of sp³-hybridized carbons (Fsp3) is 0.500. The summed E-state index contributed by atoms with van der Waals surface area (Å²) in [6.07, 6.45) is 4.11. The number of aromatic nitrogens is 1. The van der Waals surface area contributed by atoms with Crippen molar-refractivity contribution >= 4 is 5.84 Å². The Hall–Kier alpha value is -1.66. The third-order valence-corrected chi connectivity index (χ3v) is 2.55. The smallest absolute Gasteiger partial charge is 0.140 e. The summed E-state index contributed by atoms with van der Waals surface area (Å²) in [5, 5.41) is 11.5. The number of nitrogens with zero attached hydrogens (tertiary/aromatic N) is 3. The summed E-state index contributed by atoms with van der Waals surface area (Å²) in [6, 6.07) is 3.93. The maximum Gasteiger partial charge on any atom is 0.140 e. The molecule has 1 aromatic heterocycles. The van der Waals surface area contributed by atoms with Crippen molar-refractivity contribution in [3.05, 3.63) is 30.1 Å². The molecular formula is C12H20N4O2. The van der Waals surface area contributed by atoms with Crippen molar-refractivity contribution < 1.29 is 9.94 Å². The van der Waals surface area contributed by atoms with Gasteiger partial charge in [0.25, 0.3) is 0 Å². The van der Waals surface area contributed by atoms with Crippen molar-refractivity contribution in [2.75, 3.05) is 26.8 Å². The highest BCUT2D eigenvalue weighted by molar-refractivity contribution is 5.79. The molecule has 0 saturated carbocycles. The zero-order valence-corrected chi connectivity index (χ0v) is 10.6. The molecule has 0 aromatic carbocycles. The Balaban J connectivity index is 2.49. The van der Waals surface area contributed by atoms with Gasteiger partial charge in [0.2, 0.25) is 0 Å². The van der Waals surface area contributed by atoms with Crippen LogP contribution in [0.4, 0.5) is 0 Å². The molecule has 1 heterocycles. The van der Waals surface area contributed by atoms with E-state index in [9.17, 15) is 0 Å². The molecule has 1 aromatic rings. The molecular weight excluding hydrogens is 232 g/mol. The number of hydrogen-bond acceptors (Lipinski definition) is 5. The van der Waals surface area contributed by atoms with Gasteiger partial charge in [0.15, 0.2) is 0 Å². The van der Waals surface area contributed by atoms with Crippen LogP contribution in [-0.4, -0.2) is 47.7 Å². The minimum absolute atomic E-state index is 0.239. The third kappa shape index (κ3) is 5.60. The van der Waals surface area contributed by atoms with E-state index in [-0.39, 0.29) is 5.84 Å². The molecule has 18 heavy (non-hydrogen) atoms. The first-order chi connectivity index (χ1) is 8.76. The predicted molar refractivity (Wildman–Crippen MR) is 69.4 cm³/mol. The van der Waals surface area contributed by atoms with Crippen LogP contribution in [-0.2, 0) is 11.3 Å². The van der Waals surface area contributed by atoms with E-state index < -0.39 is 0 Å². The van der Waals surface area contributed by atoms with E-state index in [0.717, 1.165) is 18.7 Å². The average Bonchev–Trinajstić information content (AvgIpc) is 2.42. The average molecular weight is 252 g/mol. The van der Waals surface area contributed by atoms with Gasteiger partial charge in [0, 0.05) is 45.6 Å². The van der Waals surface area contributed by atoms with E-state index in [1.54, 1.807) is 13.3 Å². The first-order valence-electron chi connectivity index (χ1n) is 5.83. The molecule has 0 saturated heterocycles. The van der Waals surface area contributed by atoms with Crippen LogP contribution in [0.1, 0.15) is 12.0 Å². The quantitative estimate of drug-likeness (QED) is 0.307. The first-order valence-corrected chi connectivity index (χ1v) is 5.83. The van der Waals surface area contributed by atoms with Crippen LogP contribution in [0.5, 0.6) is 0 Å². The van der Waals surface area contributed by atoms with E-state index >= 15 is 0 Å². The minimum atomic E-state index is 0.239. The SMILES string of the molecule is COCCN(CC/C(N)=N/O)Cc1cccnc1. The number of ether oxygens (including phenoxy) is 1. The molecule has 6 heteroatoms. The molecule has 0 spiro atoms. The van der Waals surface area contributed by atoms with Crippen LogP contribution in [0.25, 0.3) is 0 Å². The number of oxime groups is 1. The predicted octanol–water partition coefficient (Wildman–Crippen LogP) is 0.667. The van der Waals surface area contributed by atoms with Crippen LogP contribution in [0.15, 0.2) is 29.7 Å². The Morgan fingerprint density at radius 1 is 1.56 bits per heavy atom. The molecule has 0 aliphatic heterocycles. The van der Waals surface area contributed by atoms with Crippen molar-refractivity contribution in [1.82, 2.24) is 9.88 Å². The van der Waals surface area contributed by atoms with Gasteiger partial charge in [0.05, 0.1) is 6.61 Å². The first kappa shape index (κ1) is 14.4. The van der Waals surface area contributed by atoms with Gasteiger partial charge in [-0.25, -0.2) is 0 Å². The van der Waals surface area contributed by atoms with E-state index in [2.05, 4.69) is 15.0 Å². The molecule has 0 aliphatic rings. The Morgan fingerprint density at radius 3 is 3.00 bits per heavy atom. The Bertz CT molecular complexity index is 356. The van der Waals surface area contributed by atoms with Crippen LogP contribution in [0.3, 0.4) is 0 Å².